The Labute approximate surface area is 119 Å². The van der Waals surface area contributed by atoms with Crippen LogP contribution in [0.15, 0.2) is 0 Å². The van der Waals surface area contributed by atoms with Crippen LogP contribution < -0.4 is 10.0 Å². The van der Waals surface area contributed by atoms with Gasteiger partial charge in [0.15, 0.2) is 0 Å². The van der Waals surface area contributed by atoms with Gasteiger partial charge in [-0.1, -0.05) is 20.3 Å². The Hall–Kier alpha value is -0.130. The highest BCUT2D eigenvalue weighted by atomic mass is 32.2. The summed E-state index contributed by atoms with van der Waals surface area (Å²) in [5.41, 5.74) is 0. The molecule has 0 aromatic carbocycles. The maximum absolute atomic E-state index is 11.6. The number of hydrogen-bond acceptors (Lipinski definition) is 3. The number of unbranched alkanes of at least 4 members (excludes halogenated alkanes) is 1. The number of hydrogen-bond donors (Lipinski definition) is 2. The average molecular weight is 292 g/mol. The van der Waals surface area contributed by atoms with Crippen LogP contribution in [-0.4, -0.2) is 32.8 Å². The Morgan fingerprint density at radius 3 is 2.11 bits per heavy atom. The number of rotatable bonds is 11. The first-order chi connectivity index (χ1) is 8.73. The minimum Gasteiger partial charge on any atom is -0.314 e. The molecule has 0 amide bonds. The van der Waals surface area contributed by atoms with E-state index in [0.29, 0.717) is 6.04 Å². The van der Waals surface area contributed by atoms with E-state index in [1.54, 1.807) is 0 Å². The monoisotopic (exact) mass is 292 g/mol. The Bertz CT molecular complexity index is 313. The molecule has 0 heterocycles. The molecule has 0 rings (SSSR count). The first-order valence-corrected chi connectivity index (χ1v) is 9.11. The molecule has 1 atom stereocenters. The topological polar surface area (TPSA) is 58.2 Å². The molecule has 0 aliphatic carbocycles. The van der Waals surface area contributed by atoms with Gasteiger partial charge in [0, 0.05) is 12.1 Å². The first kappa shape index (κ1) is 18.9. The molecule has 0 saturated carbocycles. The van der Waals surface area contributed by atoms with Crippen molar-refractivity contribution in [1.29, 1.82) is 0 Å². The van der Waals surface area contributed by atoms with E-state index in [4.69, 9.17) is 0 Å². The second-order valence-corrected chi connectivity index (χ2v) is 8.00. The molecule has 0 aliphatic heterocycles. The highest BCUT2D eigenvalue weighted by Gasteiger charge is 2.11. The Balaban J connectivity index is 3.63. The highest BCUT2D eigenvalue weighted by Crippen LogP contribution is 2.04. The quantitative estimate of drug-likeness (QED) is 0.575. The SMILES string of the molecule is CC(C)CCNC(C)CCCCS(=O)(=O)NC(C)C. The lowest BCUT2D eigenvalue weighted by Gasteiger charge is -2.15. The van der Waals surface area contributed by atoms with Crippen LogP contribution in [0.1, 0.15) is 60.3 Å². The second-order valence-electron chi connectivity index (χ2n) is 6.12. The van der Waals surface area contributed by atoms with Crippen LogP contribution in [0.25, 0.3) is 0 Å². The lowest BCUT2D eigenvalue weighted by molar-refractivity contribution is 0.458. The van der Waals surface area contributed by atoms with Crippen LogP contribution in [0.5, 0.6) is 0 Å². The van der Waals surface area contributed by atoms with Crippen LogP contribution in [0, 0.1) is 5.92 Å². The lowest BCUT2D eigenvalue weighted by Crippen LogP contribution is -2.32. The molecule has 0 aromatic heterocycles. The van der Waals surface area contributed by atoms with E-state index in [1.165, 1.54) is 6.42 Å². The standard InChI is InChI=1S/C14H32N2O2S/c1-12(2)9-10-15-14(5)8-6-7-11-19(17,18)16-13(3)4/h12-16H,6-11H2,1-5H3. The van der Waals surface area contributed by atoms with Crippen molar-refractivity contribution in [3.8, 4) is 0 Å². The van der Waals surface area contributed by atoms with Gasteiger partial charge >= 0.3 is 0 Å². The van der Waals surface area contributed by atoms with Gasteiger partial charge in [0.2, 0.25) is 10.0 Å². The van der Waals surface area contributed by atoms with Gasteiger partial charge in [0.1, 0.15) is 0 Å². The summed E-state index contributed by atoms with van der Waals surface area (Å²) in [5.74, 6) is 0.969. The first-order valence-electron chi connectivity index (χ1n) is 7.46. The van der Waals surface area contributed by atoms with Crippen molar-refractivity contribution >= 4 is 10.0 Å². The fourth-order valence-corrected chi connectivity index (χ4v) is 3.30. The molecule has 0 aromatic rings. The van der Waals surface area contributed by atoms with E-state index in [9.17, 15) is 8.42 Å². The Morgan fingerprint density at radius 1 is 0.947 bits per heavy atom. The molecule has 0 fully saturated rings. The number of sulfonamides is 1. The van der Waals surface area contributed by atoms with Crippen molar-refractivity contribution in [2.75, 3.05) is 12.3 Å². The van der Waals surface area contributed by atoms with Crippen molar-refractivity contribution < 1.29 is 8.42 Å². The molecule has 116 valence electrons. The van der Waals surface area contributed by atoms with Crippen LogP contribution in [-0.2, 0) is 10.0 Å². The second kappa shape index (κ2) is 9.72. The van der Waals surface area contributed by atoms with Crippen molar-refractivity contribution in [1.82, 2.24) is 10.0 Å². The predicted molar refractivity (Wildman–Crippen MR) is 82.8 cm³/mol. The van der Waals surface area contributed by atoms with Crippen LogP contribution in [0.3, 0.4) is 0 Å². The molecule has 0 spiro atoms. The predicted octanol–water partition coefficient (Wildman–Crippen LogP) is 2.51. The Kier molecular flexibility index (Phi) is 9.66. The molecule has 19 heavy (non-hydrogen) atoms. The average Bonchev–Trinajstić information content (AvgIpc) is 2.22. The van der Waals surface area contributed by atoms with E-state index < -0.39 is 10.0 Å². The van der Waals surface area contributed by atoms with Crippen molar-refractivity contribution in [3.63, 3.8) is 0 Å². The normalized spacial score (nSPS) is 14.3. The van der Waals surface area contributed by atoms with Gasteiger partial charge in [-0.3, -0.25) is 0 Å². The minimum absolute atomic E-state index is 0.0124. The van der Waals surface area contributed by atoms with Gasteiger partial charge < -0.3 is 5.32 Å². The summed E-state index contributed by atoms with van der Waals surface area (Å²) in [4.78, 5) is 0. The van der Waals surface area contributed by atoms with Gasteiger partial charge in [0.05, 0.1) is 5.75 Å². The van der Waals surface area contributed by atoms with E-state index in [2.05, 4.69) is 30.8 Å². The molecule has 5 heteroatoms. The molecule has 0 radical (unpaired) electrons. The van der Waals surface area contributed by atoms with Gasteiger partial charge in [-0.15, -0.1) is 0 Å². The third kappa shape index (κ3) is 12.6. The zero-order valence-electron chi connectivity index (χ0n) is 13.2. The summed E-state index contributed by atoms with van der Waals surface area (Å²) in [6.45, 7) is 11.3. The summed E-state index contributed by atoms with van der Waals surface area (Å²) in [7, 11) is -3.08. The fourth-order valence-electron chi connectivity index (χ4n) is 1.88. The molecule has 0 saturated heterocycles. The Morgan fingerprint density at radius 2 is 1.58 bits per heavy atom. The smallest absolute Gasteiger partial charge is 0.211 e. The van der Waals surface area contributed by atoms with Gasteiger partial charge in [-0.2, -0.15) is 0 Å². The molecule has 1 unspecified atom stereocenters. The highest BCUT2D eigenvalue weighted by molar-refractivity contribution is 7.89. The zero-order chi connectivity index (χ0) is 14.9. The molecule has 2 N–H and O–H groups in total. The van der Waals surface area contributed by atoms with Crippen molar-refractivity contribution in [2.24, 2.45) is 5.92 Å². The van der Waals surface area contributed by atoms with Crippen LogP contribution >= 0.6 is 0 Å². The number of nitrogens with one attached hydrogen (secondary N) is 2. The van der Waals surface area contributed by atoms with Gasteiger partial charge in [0.25, 0.3) is 0 Å². The van der Waals surface area contributed by atoms with E-state index >= 15 is 0 Å². The largest absolute Gasteiger partial charge is 0.314 e. The maximum atomic E-state index is 11.6. The van der Waals surface area contributed by atoms with E-state index in [-0.39, 0.29) is 11.8 Å². The van der Waals surface area contributed by atoms with E-state index in [0.717, 1.165) is 31.7 Å². The summed E-state index contributed by atoms with van der Waals surface area (Å²) in [5, 5.41) is 3.48. The lowest BCUT2D eigenvalue weighted by atomic mass is 10.1. The summed E-state index contributed by atoms with van der Waals surface area (Å²) in [6.07, 6.45) is 3.92. The van der Waals surface area contributed by atoms with Gasteiger partial charge in [-0.25, -0.2) is 13.1 Å². The molecule has 0 aliphatic rings. The zero-order valence-corrected chi connectivity index (χ0v) is 14.0. The van der Waals surface area contributed by atoms with Crippen LogP contribution in [0.4, 0.5) is 0 Å². The van der Waals surface area contributed by atoms with Crippen LogP contribution in [0.2, 0.25) is 0 Å². The molecular formula is C14H32N2O2S. The molecule has 4 nitrogen and oxygen atoms in total. The van der Waals surface area contributed by atoms with E-state index in [1.807, 2.05) is 13.8 Å². The third-order valence-corrected chi connectivity index (χ3v) is 4.59. The van der Waals surface area contributed by atoms with Crippen molar-refractivity contribution in [3.05, 3.63) is 0 Å². The maximum Gasteiger partial charge on any atom is 0.211 e. The summed E-state index contributed by atoms with van der Waals surface area (Å²) in [6, 6.07) is 0.459. The van der Waals surface area contributed by atoms with Gasteiger partial charge in [-0.05, 0) is 52.5 Å². The summed E-state index contributed by atoms with van der Waals surface area (Å²) >= 11 is 0. The fraction of sp³-hybridized carbons (Fsp3) is 1.00. The molecule has 0 bridgehead atoms. The molecular weight excluding hydrogens is 260 g/mol. The minimum atomic E-state index is -3.08. The third-order valence-electron chi connectivity index (χ3n) is 2.93. The summed E-state index contributed by atoms with van der Waals surface area (Å²) < 4.78 is 25.8. The van der Waals surface area contributed by atoms with Crippen molar-refractivity contribution in [2.45, 2.75) is 72.4 Å².